The van der Waals surface area contributed by atoms with Gasteiger partial charge in [0.15, 0.2) is 5.82 Å². The Labute approximate surface area is 62.9 Å². The number of fused-ring (bicyclic) bond motifs is 1. The zero-order valence-electron chi connectivity index (χ0n) is 6.02. The summed E-state index contributed by atoms with van der Waals surface area (Å²) in [6.45, 7) is 1.88. The molecule has 0 spiro atoms. The second-order valence-corrected chi connectivity index (χ2v) is 2.31. The normalized spacial score (nSPS) is 10.6. The minimum atomic E-state index is 0.459. The van der Waals surface area contributed by atoms with Crippen molar-refractivity contribution in [3.8, 4) is 0 Å². The van der Waals surface area contributed by atoms with E-state index >= 15 is 0 Å². The van der Waals surface area contributed by atoms with Crippen molar-refractivity contribution in [3.05, 3.63) is 18.1 Å². The highest BCUT2D eigenvalue weighted by atomic mass is 15.4. The molecule has 0 aliphatic rings. The molecule has 2 aromatic rings. The third-order valence-electron chi connectivity index (χ3n) is 1.43. The van der Waals surface area contributed by atoms with Crippen LogP contribution in [-0.2, 0) is 0 Å². The maximum Gasteiger partial charge on any atom is 0.153 e. The second-order valence-electron chi connectivity index (χ2n) is 2.31. The largest absolute Gasteiger partial charge is 0.382 e. The number of nitrogen functional groups attached to an aromatic ring is 1. The third-order valence-corrected chi connectivity index (χ3v) is 1.43. The van der Waals surface area contributed by atoms with E-state index < -0.39 is 0 Å². The van der Waals surface area contributed by atoms with Gasteiger partial charge >= 0.3 is 0 Å². The minimum absolute atomic E-state index is 0.459. The molecule has 0 unspecified atom stereocenters. The van der Waals surface area contributed by atoms with Crippen LogP contribution in [0.5, 0.6) is 0 Å². The molecule has 0 fully saturated rings. The highest BCUT2D eigenvalue weighted by Gasteiger charge is 2.00. The monoisotopic (exact) mass is 149 g/mol. The lowest BCUT2D eigenvalue weighted by molar-refractivity contribution is 0.773. The molecule has 11 heavy (non-hydrogen) atoms. The van der Waals surface area contributed by atoms with Crippen LogP contribution in [0.25, 0.3) is 5.52 Å². The maximum atomic E-state index is 5.56. The molecule has 2 aromatic heterocycles. The smallest absolute Gasteiger partial charge is 0.153 e. The fourth-order valence-corrected chi connectivity index (χ4v) is 0.955. The van der Waals surface area contributed by atoms with Gasteiger partial charge in [-0.1, -0.05) is 0 Å². The summed E-state index contributed by atoms with van der Waals surface area (Å²) in [6, 6.07) is 1.84. The first-order valence-electron chi connectivity index (χ1n) is 3.20. The lowest BCUT2D eigenvalue weighted by atomic mass is 10.4. The zero-order valence-corrected chi connectivity index (χ0v) is 6.02. The van der Waals surface area contributed by atoms with Crippen LogP contribution >= 0.6 is 0 Å². The van der Waals surface area contributed by atoms with Crippen molar-refractivity contribution in [2.45, 2.75) is 6.92 Å². The van der Waals surface area contributed by atoms with Crippen molar-refractivity contribution in [1.82, 2.24) is 19.8 Å². The van der Waals surface area contributed by atoms with Gasteiger partial charge in [-0.05, 0) is 13.0 Å². The van der Waals surface area contributed by atoms with E-state index in [-0.39, 0.29) is 0 Å². The Hall–Kier alpha value is -1.65. The molecule has 2 N–H and O–H groups in total. The van der Waals surface area contributed by atoms with Crippen LogP contribution in [0.1, 0.15) is 5.69 Å². The molecule has 0 atom stereocenters. The Bertz CT molecular complexity index is 391. The van der Waals surface area contributed by atoms with Crippen molar-refractivity contribution in [2.75, 3.05) is 5.73 Å². The van der Waals surface area contributed by atoms with Crippen molar-refractivity contribution >= 4 is 11.3 Å². The summed E-state index contributed by atoms with van der Waals surface area (Å²) in [7, 11) is 0. The molecular formula is C6H7N5. The number of rotatable bonds is 0. The molecule has 5 heteroatoms. The molecule has 56 valence electrons. The van der Waals surface area contributed by atoms with E-state index in [0.717, 1.165) is 11.2 Å². The molecular weight excluding hydrogens is 142 g/mol. The number of nitrogens with two attached hydrogens (primary N) is 1. The minimum Gasteiger partial charge on any atom is -0.382 e. The molecule has 0 aliphatic carbocycles. The van der Waals surface area contributed by atoms with Crippen LogP contribution < -0.4 is 5.73 Å². The third kappa shape index (κ3) is 0.813. The topological polar surface area (TPSA) is 69.1 Å². The Morgan fingerprint density at radius 2 is 2.36 bits per heavy atom. The number of aryl methyl sites for hydroxylation is 1. The molecule has 0 saturated carbocycles. The first-order chi connectivity index (χ1) is 5.27. The van der Waals surface area contributed by atoms with Crippen molar-refractivity contribution in [3.63, 3.8) is 0 Å². The highest BCUT2D eigenvalue weighted by Crippen LogP contribution is 2.08. The number of anilines is 1. The van der Waals surface area contributed by atoms with Crippen LogP contribution in [0.3, 0.4) is 0 Å². The molecule has 0 aliphatic heterocycles. The average molecular weight is 149 g/mol. The van der Waals surface area contributed by atoms with Crippen LogP contribution in [0, 0.1) is 6.92 Å². The summed E-state index contributed by atoms with van der Waals surface area (Å²) < 4.78 is 1.47. The van der Waals surface area contributed by atoms with Gasteiger partial charge in [0.05, 0.1) is 5.69 Å². The Balaban J connectivity index is 2.90. The summed E-state index contributed by atoms with van der Waals surface area (Å²) in [5.41, 5.74) is 7.20. The number of aromatic nitrogens is 4. The zero-order chi connectivity index (χ0) is 7.84. The van der Waals surface area contributed by atoms with Crippen molar-refractivity contribution in [2.24, 2.45) is 0 Å². The van der Waals surface area contributed by atoms with E-state index in [4.69, 9.17) is 5.73 Å². The fraction of sp³-hybridized carbons (Fsp3) is 0.167. The van der Waals surface area contributed by atoms with Gasteiger partial charge in [0, 0.05) is 0 Å². The molecule has 2 rings (SSSR count). The quantitative estimate of drug-likeness (QED) is 0.573. The molecule has 5 nitrogen and oxygen atoms in total. The van der Waals surface area contributed by atoms with Gasteiger partial charge in [-0.15, -0.1) is 9.73 Å². The predicted octanol–water partition coefficient (Wildman–Crippen LogP) is 0.0149. The van der Waals surface area contributed by atoms with Gasteiger partial charge < -0.3 is 5.73 Å². The lowest BCUT2D eigenvalue weighted by Gasteiger charge is -1.91. The molecule has 0 aromatic carbocycles. The number of hydrogen-bond acceptors (Lipinski definition) is 4. The van der Waals surface area contributed by atoms with Crippen LogP contribution in [0.2, 0.25) is 0 Å². The fourth-order valence-electron chi connectivity index (χ4n) is 0.955. The first kappa shape index (κ1) is 6.09. The average Bonchev–Trinajstić information content (AvgIpc) is 2.31. The molecule has 2 heterocycles. The highest BCUT2D eigenvalue weighted by molar-refractivity contribution is 5.63. The summed E-state index contributed by atoms with van der Waals surface area (Å²) in [5.74, 6) is 0.459. The molecule has 0 amide bonds. The van der Waals surface area contributed by atoms with E-state index in [9.17, 15) is 0 Å². The van der Waals surface area contributed by atoms with Gasteiger partial charge in [-0.3, -0.25) is 0 Å². The summed E-state index contributed by atoms with van der Waals surface area (Å²) in [4.78, 5) is 3.83. The number of hydrogen-bond donors (Lipinski definition) is 1. The van der Waals surface area contributed by atoms with Crippen molar-refractivity contribution < 1.29 is 0 Å². The van der Waals surface area contributed by atoms with Crippen LogP contribution in [0.15, 0.2) is 12.4 Å². The summed E-state index contributed by atoms with van der Waals surface area (Å²) in [5, 5.41) is 7.94. The molecule has 0 saturated heterocycles. The lowest BCUT2D eigenvalue weighted by Crippen LogP contribution is -1.99. The predicted molar refractivity (Wildman–Crippen MR) is 39.9 cm³/mol. The summed E-state index contributed by atoms with van der Waals surface area (Å²) in [6.07, 6.45) is 1.38. The SMILES string of the molecule is Cc1cc2c(N)ncnn2n1. The standard InChI is InChI=1S/C6H7N5/c1-4-2-5-6(7)8-3-9-11(5)10-4/h2-3H,1H3,(H2,7,8,9). The van der Waals surface area contributed by atoms with Gasteiger partial charge in [0.25, 0.3) is 0 Å². The van der Waals surface area contributed by atoms with Crippen molar-refractivity contribution in [1.29, 1.82) is 0 Å². The van der Waals surface area contributed by atoms with E-state index in [2.05, 4.69) is 15.2 Å². The van der Waals surface area contributed by atoms with E-state index in [1.165, 1.54) is 11.0 Å². The van der Waals surface area contributed by atoms with E-state index in [1.54, 1.807) is 0 Å². The second kappa shape index (κ2) is 1.91. The van der Waals surface area contributed by atoms with E-state index in [0.29, 0.717) is 5.82 Å². The Kier molecular flexibility index (Phi) is 1.06. The van der Waals surface area contributed by atoms with Crippen LogP contribution in [0.4, 0.5) is 5.82 Å². The Morgan fingerprint density at radius 3 is 3.09 bits per heavy atom. The van der Waals surface area contributed by atoms with Gasteiger partial charge in [-0.25, -0.2) is 4.98 Å². The van der Waals surface area contributed by atoms with Gasteiger partial charge in [0.1, 0.15) is 11.8 Å². The first-order valence-corrected chi connectivity index (χ1v) is 3.20. The number of nitrogens with zero attached hydrogens (tertiary/aromatic N) is 4. The van der Waals surface area contributed by atoms with Gasteiger partial charge in [0.2, 0.25) is 0 Å². The molecule has 0 radical (unpaired) electrons. The van der Waals surface area contributed by atoms with Crippen LogP contribution in [-0.4, -0.2) is 19.8 Å². The van der Waals surface area contributed by atoms with E-state index in [1.807, 2.05) is 13.0 Å². The molecule has 0 bridgehead atoms. The van der Waals surface area contributed by atoms with Gasteiger partial charge in [-0.2, -0.15) is 5.10 Å². The summed E-state index contributed by atoms with van der Waals surface area (Å²) >= 11 is 0. The Morgan fingerprint density at radius 1 is 1.55 bits per heavy atom. The maximum absolute atomic E-state index is 5.56.